The number of nitrogens with two attached hydrogens (primary N) is 1. The summed E-state index contributed by atoms with van der Waals surface area (Å²) in [6.45, 7) is 0.159. The van der Waals surface area contributed by atoms with Crippen LogP contribution in [0.25, 0.3) is 0 Å². The monoisotopic (exact) mass is 441 g/mol. The Labute approximate surface area is 170 Å². The Hall–Kier alpha value is -2.34. The molecular formula is C18H23N3O6S2. The Bertz CT molecular complexity index is 1080. The number of ether oxygens (including phenoxy) is 2. The standard InChI is InChI=1S/C18H23N3O6S2/c1-26-15-5-8-18(17(13-15)27-2)29(24,25)21-11-9-20(10-12-21)28(22,23)16-6-3-14(19)4-7-16/h3-8,13H,9-12,19H2,1-2H3. The van der Waals surface area contributed by atoms with E-state index in [2.05, 4.69) is 0 Å². The number of rotatable bonds is 6. The van der Waals surface area contributed by atoms with Gasteiger partial charge in [0.2, 0.25) is 20.0 Å². The topological polar surface area (TPSA) is 119 Å². The van der Waals surface area contributed by atoms with Crippen LogP contribution >= 0.6 is 0 Å². The molecule has 0 aliphatic carbocycles. The highest BCUT2D eigenvalue weighted by Gasteiger charge is 2.35. The second kappa shape index (κ2) is 8.19. The van der Waals surface area contributed by atoms with E-state index in [0.29, 0.717) is 11.4 Å². The van der Waals surface area contributed by atoms with Gasteiger partial charge in [0.15, 0.2) is 0 Å². The molecule has 0 saturated carbocycles. The van der Waals surface area contributed by atoms with Crippen LogP contribution in [-0.2, 0) is 20.0 Å². The number of anilines is 1. The highest BCUT2D eigenvalue weighted by molar-refractivity contribution is 7.89. The molecule has 1 aliphatic heterocycles. The lowest BCUT2D eigenvalue weighted by Gasteiger charge is -2.33. The summed E-state index contributed by atoms with van der Waals surface area (Å²) in [7, 11) is -4.72. The summed E-state index contributed by atoms with van der Waals surface area (Å²) in [5, 5.41) is 0. The van der Waals surface area contributed by atoms with Crippen molar-refractivity contribution in [2.45, 2.75) is 9.79 Å². The van der Waals surface area contributed by atoms with Crippen molar-refractivity contribution >= 4 is 25.7 Å². The van der Waals surface area contributed by atoms with Crippen molar-refractivity contribution in [2.24, 2.45) is 0 Å². The molecule has 2 N–H and O–H groups in total. The van der Waals surface area contributed by atoms with Gasteiger partial charge in [-0.05, 0) is 36.4 Å². The van der Waals surface area contributed by atoms with Crippen LogP contribution in [-0.4, -0.2) is 65.8 Å². The van der Waals surface area contributed by atoms with Crippen LogP contribution < -0.4 is 15.2 Å². The number of nitrogen functional groups attached to an aromatic ring is 1. The highest BCUT2D eigenvalue weighted by Crippen LogP contribution is 2.31. The van der Waals surface area contributed by atoms with Gasteiger partial charge >= 0.3 is 0 Å². The first-order valence-electron chi connectivity index (χ1n) is 8.78. The summed E-state index contributed by atoms with van der Waals surface area (Å²) < 4.78 is 64.5. The predicted molar refractivity (Wildman–Crippen MR) is 108 cm³/mol. The van der Waals surface area contributed by atoms with Gasteiger partial charge in [-0.1, -0.05) is 0 Å². The molecule has 2 aromatic rings. The number of hydrogen-bond donors (Lipinski definition) is 1. The fourth-order valence-electron chi connectivity index (χ4n) is 3.07. The first-order valence-corrected chi connectivity index (χ1v) is 11.7. The molecule has 1 aliphatic rings. The first kappa shape index (κ1) is 21.4. The predicted octanol–water partition coefficient (Wildman–Crippen LogP) is 0.981. The van der Waals surface area contributed by atoms with E-state index in [-0.39, 0.29) is 41.7 Å². The van der Waals surface area contributed by atoms with Crippen molar-refractivity contribution in [3.63, 3.8) is 0 Å². The minimum absolute atomic E-state index is 0.00985. The lowest BCUT2D eigenvalue weighted by Crippen LogP contribution is -2.50. The molecular weight excluding hydrogens is 418 g/mol. The van der Waals surface area contributed by atoms with Gasteiger partial charge in [0.1, 0.15) is 16.4 Å². The fraction of sp³-hybridized carbons (Fsp3) is 0.333. The van der Waals surface area contributed by atoms with E-state index in [4.69, 9.17) is 15.2 Å². The molecule has 3 rings (SSSR count). The lowest BCUT2D eigenvalue weighted by molar-refractivity contribution is 0.272. The Kier molecular flexibility index (Phi) is 6.03. The molecule has 9 nitrogen and oxygen atoms in total. The van der Waals surface area contributed by atoms with Gasteiger partial charge in [-0.15, -0.1) is 0 Å². The average Bonchev–Trinajstić information content (AvgIpc) is 2.73. The van der Waals surface area contributed by atoms with Crippen LogP contribution in [0.3, 0.4) is 0 Å². The Morgan fingerprint density at radius 1 is 0.793 bits per heavy atom. The molecule has 11 heteroatoms. The van der Waals surface area contributed by atoms with Crippen molar-refractivity contribution in [1.29, 1.82) is 0 Å². The molecule has 0 radical (unpaired) electrons. The maximum Gasteiger partial charge on any atom is 0.246 e. The van der Waals surface area contributed by atoms with E-state index in [0.717, 1.165) is 0 Å². The van der Waals surface area contributed by atoms with E-state index in [1.54, 1.807) is 0 Å². The zero-order valence-corrected chi connectivity index (χ0v) is 17.7. The third-order valence-electron chi connectivity index (χ3n) is 4.70. The van der Waals surface area contributed by atoms with Gasteiger partial charge in [-0.3, -0.25) is 0 Å². The molecule has 0 unspecified atom stereocenters. The molecule has 0 aromatic heterocycles. The summed E-state index contributed by atoms with van der Waals surface area (Å²) in [5.74, 6) is 0.640. The minimum Gasteiger partial charge on any atom is -0.497 e. The Morgan fingerprint density at radius 2 is 1.34 bits per heavy atom. The zero-order valence-electron chi connectivity index (χ0n) is 16.1. The van der Waals surface area contributed by atoms with E-state index in [9.17, 15) is 16.8 Å². The van der Waals surface area contributed by atoms with Gasteiger partial charge in [-0.25, -0.2) is 16.8 Å². The lowest BCUT2D eigenvalue weighted by atomic mass is 10.3. The van der Waals surface area contributed by atoms with E-state index < -0.39 is 20.0 Å². The molecule has 0 spiro atoms. The second-order valence-corrected chi connectivity index (χ2v) is 10.2. The van der Waals surface area contributed by atoms with Gasteiger partial charge in [-0.2, -0.15) is 8.61 Å². The summed E-state index contributed by atoms with van der Waals surface area (Å²) in [6.07, 6.45) is 0. The minimum atomic E-state index is -3.85. The molecule has 1 fully saturated rings. The zero-order chi connectivity index (χ0) is 21.2. The SMILES string of the molecule is COc1ccc(S(=O)(=O)N2CCN(S(=O)(=O)c3ccc(N)cc3)CC2)c(OC)c1. The van der Waals surface area contributed by atoms with Crippen molar-refractivity contribution in [1.82, 2.24) is 8.61 Å². The number of benzene rings is 2. The smallest absolute Gasteiger partial charge is 0.246 e. The van der Waals surface area contributed by atoms with Crippen molar-refractivity contribution < 1.29 is 26.3 Å². The van der Waals surface area contributed by atoms with Crippen LogP contribution in [0, 0.1) is 0 Å². The maximum absolute atomic E-state index is 13.1. The van der Waals surface area contributed by atoms with Crippen LogP contribution in [0.4, 0.5) is 5.69 Å². The van der Waals surface area contributed by atoms with Crippen molar-refractivity contribution in [3.05, 3.63) is 42.5 Å². The summed E-state index contributed by atoms with van der Waals surface area (Å²) in [5.41, 5.74) is 6.08. The van der Waals surface area contributed by atoms with Gasteiger partial charge in [0, 0.05) is 37.9 Å². The number of sulfonamides is 2. The average molecular weight is 442 g/mol. The molecule has 2 aromatic carbocycles. The third-order valence-corrected chi connectivity index (χ3v) is 8.56. The quantitative estimate of drug-likeness (QED) is 0.664. The van der Waals surface area contributed by atoms with E-state index in [1.807, 2.05) is 0 Å². The van der Waals surface area contributed by atoms with Gasteiger partial charge in [0.25, 0.3) is 0 Å². The van der Waals surface area contributed by atoms with Crippen LogP contribution in [0.15, 0.2) is 52.3 Å². The maximum atomic E-state index is 13.1. The molecule has 0 amide bonds. The summed E-state index contributed by atoms with van der Waals surface area (Å²) in [6, 6.07) is 10.4. The van der Waals surface area contributed by atoms with Crippen LogP contribution in [0.1, 0.15) is 0 Å². The molecule has 0 bridgehead atoms. The Morgan fingerprint density at radius 3 is 1.86 bits per heavy atom. The molecule has 1 heterocycles. The second-order valence-electron chi connectivity index (χ2n) is 6.39. The molecule has 29 heavy (non-hydrogen) atoms. The first-order chi connectivity index (χ1) is 13.7. The van der Waals surface area contributed by atoms with Crippen molar-refractivity contribution in [3.8, 4) is 11.5 Å². The Balaban J connectivity index is 1.79. The van der Waals surface area contributed by atoms with Crippen molar-refractivity contribution in [2.75, 3.05) is 46.1 Å². The number of nitrogens with zero attached hydrogens (tertiary/aromatic N) is 2. The molecule has 0 atom stereocenters. The number of methoxy groups -OCH3 is 2. The van der Waals surface area contributed by atoms with E-state index >= 15 is 0 Å². The highest BCUT2D eigenvalue weighted by atomic mass is 32.2. The normalized spacial score (nSPS) is 16.5. The van der Waals surface area contributed by atoms with Crippen LogP contribution in [0.5, 0.6) is 11.5 Å². The molecule has 158 valence electrons. The van der Waals surface area contributed by atoms with Gasteiger partial charge in [0.05, 0.1) is 19.1 Å². The summed E-state index contributed by atoms with van der Waals surface area (Å²) in [4.78, 5) is 0.135. The summed E-state index contributed by atoms with van der Waals surface area (Å²) >= 11 is 0. The largest absolute Gasteiger partial charge is 0.497 e. The van der Waals surface area contributed by atoms with Crippen LogP contribution in [0.2, 0.25) is 0 Å². The fourth-order valence-corrected chi connectivity index (χ4v) is 6.05. The molecule has 1 saturated heterocycles. The third kappa shape index (κ3) is 4.17. The number of piperazine rings is 1. The van der Waals surface area contributed by atoms with Gasteiger partial charge < -0.3 is 15.2 Å². The van der Waals surface area contributed by atoms with E-state index in [1.165, 1.54) is 65.3 Å². The number of hydrogen-bond acceptors (Lipinski definition) is 7.